The van der Waals surface area contributed by atoms with Gasteiger partial charge in [-0.3, -0.25) is 0 Å². The molecule has 0 spiro atoms. The third-order valence-electron chi connectivity index (χ3n) is 3.14. The predicted molar refractivity (Wildman–Crippen MR) is 62.0 cm³/mol. The second-order valence-electron chi connectivity index (χ2n) is 4.35. The van der Waals surface area contributed by atoms with Gasteiger partial charge in [-0.1, -0.05) is 12.8 Å². The number of nitrogens with two attached hydrogens (primary N) is 1. The zero-order chi connectivity index (χ0) is 12.0. The molecule has 0 bridgehead atoms. The standard InChI is InChI=1S/C12H23NO3/c1-3-15-12(14)9(2)16-11-7-5-4-6-10(11)8-13/h9-11H,3-8,13H2,1-2H3. The second kappa shape index (κ2) is 6.86. The molecule has 0 aromatic carbocycles. The maximum Gasteiger partial charge on any atom is 0.334 e. The van der Waals surface area contributed by atoms with E-state index in [9.17, 15) is 4.79 Å². The van der Waals surface area contributed by atoms with Crippen LogP contribution in [0.5, 0.6) is 0 Å². The summed E-state index contributed by atoms with van der Waals surface area (Å²) in [6, 6.07) is 0. The van der Waals surface area contributed by atoms with Crippen molar-refractivity contribution in [2.24, 2.45) is 11.7 Å². The highest BCUT2D eigenvalue weighted by atomic mass is 16.6. The van der Waals surface area contributed by atoms with E-state index in [2.05, 4.69) is 0 Å². The number of hydrogen-bond acceptors (Lipinski definition) is 4. The summed E-state index contributed by atoms with van der Waals surface area (Å²) in [7, 11) is 0. The second-order valence-corrected chi connectivity index (χ2v) is 4.35. The molecule has 16 heavy (non-hydrogen) atoms. The summed E-state index contributed by atoms with van der Waals surface area (Å²) in [4.78, 5) is 11.4. The number of carbonyl (C=O) groups is 1. The summed E-state index contributed by atoms with van der Waals surface area (Å²) in [5.74, 6) is 0.120. The van der Waals surface area contributed by atoms with Crippen LogP contribution in [-0.2, 0) is 14.3 Å². The Morgan fingerprint density at radius 1 is 1.44 bits per heavy atom. The molecule has 3 atom stereocenters. The highest BCUT2D eigenvalue weighted by Crippen LogP contribution is 2.27. The molecule has 4 heteroatoms. The minimum atomic E-state index is -0.475. The van der Waals surface area contributed by atoms with E-state index < -0.39 is 6.10 Å². The van der Waals surface area contributed by atoms with Gasteiger partial charge in [0.2, 0.25) is 0 Å². The van der Waals surface area contributed by atoms with Gasteiger partial charge in [-0.15, -0.1) is 0 Å². The zero-order valence-corrected chi connectivity index (χ0v) is 10.3. The molecular formula is C12H23NO3. The van der Waals surface area contributed by atoms with Crippen molar-refractivity contribution in [3.05, 3.63) is 0 Å². The molecular weight excluding hydrogens is 206 g/mol. The van der Waals surface area contributed by atoms with Crippen molar-refractivity contribution in [3.63, 3.8) is 0 Å². The molecule has 1 rings (SSSR count). The molecule has 1 aliphatic carbocycles. The van der Waals surface area contributed by atoms with Gasteiger partial charge in [0.15, 0.2) is 6.10 Å². The molecule has 0 heterocycles. The van der Waals surface area contributed by atoms with Crippen LogP contribution in [0.15, 0.2) is 0 Å². The number of ether oxygens (including phenoxy) is 2. The summed E-state index contributed by atoms with van der Waals surface area (Å²) < 4.78 is 10.7. The number of esters is 1. The number of hydrogen-bond donors (Lipinski definition) is 1. The molecule has 0 saturated heterocycles. The van der Waals surface area contributed by atoms with E-state index in [1.165, 1.54) is 6.42 Å². The minimum absolute atomic E-state index is 0.123. The molecule has 0 aromatic heterocycles. The van der Waals surface area contributed by atoms with Gasteiger partial charge in [0, 0.05) is 0 Å². The topological polar surface area (TPSA) is 61.5 Å². The third kappa shape index (κ3) is 3.76. The largest absolute Gasteiger partial charge is 0.464 e. The van der Waals surface area contributed by atoms with Crippen LogP contribution < -0.4 is 5.73 Å². The molecule has 2 N–H and O–H groups in total. The monoisotopic (exact) mass is 229 g/mol. The molecule has 94 valence electrons. The Kier molecular flexibility index (Phi) is 5.77. The van der Waals surface area contributed by atoms with Gasteiger partial charge < -0.3 is 15.2 Å². The zero-order valence-electron chi connectivity index (χ0n) is 10.3. The van der Waals surface area contributed by atoms with E-state index >= 15 is 0 Å². The lowest BCUT2D eigenvalue weighted by Crippen LogP contribution is -2.38. The predicted octanol–water partition coefficient (Wildman–Crippen LogP) is 1.47. The first-order chi connectivity index (χ1) is 7.69. The Morgan fingerprint density at radius 3 is 2.75 bits per heavy atom. The van der Waals surface area contributed by atoms with E-state index in [4.69, 9.17) is 15.2 Å². The van der Waals surface area contributed by atoms with Crippen molar-refractivity contribution >= 4 is 5.97 Å². The van der Waals surface area contributed by atoms with Crippen LogP contribution in [-0.4, -0.2) is 31.3 Å². The van der Waals surface area contributed by atoms with Crippen LogP contribution in [0.1, 0.15) is 39.5 Å². The van der Waals surface area contributed by atoms with E-state index in [0.717, 1.165) is 19.3 Å². The molecule has 1 saturated carbocycles. The smallest absolute Gasteiger partial charge is 0.334 e. The molecule has 0 aromatic rings. The van der Waals surface area contributed by atoms with Gasteiger partial charge in [0.05, 0.1) is 12.7 Å². The summed E-state index contributed by atoms with van der Waals surface area (Å²) in [6.07, 6.45) is 4.14. The van der Waals surface area contributed by atoms with E-state index in [1.807, 2.05) is 0 Å². The molecule has 0 amide bonds. The Balaban J connectivity index is 2.41. The van der Waals surface area contributed by atoms with E-state index in [-0.39, 0.29) is 12.1 Å². The first-order valence-corrected chi connectivity index (χ1v) is 6.21. The lowest BCUT2D eigenvalue weighted by atomic mass is 9.86. The number of rotatable bonds is 5. The van der Waals surface area contributed by atoms with Gasteiger partial charge in [-0.25, -0.2) is 4.79 Å². The Bertz CT molecular complexity index is 220. The fraction of sp³-hybridized carbons (Fsp3) is 0.917. The van der Waals surface area contributed by atoms with Crippen LogP contribution in [0.25, 0.3) is 0 Å². The average Bonchev–Trinajstić information content (AvgIpc) is 2.30. The first-order valence-electron chi connectivity index (χ1n) is 6.21. The van der Waals surface area contributed by atoms with Gasteiger partial charge in [-0.05, 0) is 39.2 Å². The van der Waals surface area contributed by atoms with E-state index in [0.29, 0.717) is 19.1 Å². The maximum absolute atomic E-state index is 11.4. The van der Waals surface area contributed by atoms with Crippen molar-refractivity contribution in [1.82, 2.24) is 0 Å². The summed E-state index contributed by atoms with van der Waals surface area (Å²) in [5.41, 5.74) is 5.71. The highest BCUT2D eigenvalue weighted by Gasteiger charge is 2.28. The normalized spacial score (nSPS) is 27.4. The molecule has 0 aliphatic heterocycles. The quantitative estimate of drug-likeness (QED) is 0.725. The van der Waals surface area contributed by atoms with Crippen molar-refractivity contribution in [2.45, 2.75) is 51.7 Å². The van der Waals surface area contributed by atoms with Gasteiger partial charge in [0.1, 0.15) is 0 Å². The third-order valence-corrected chi connectivity index (χ3v) is 3.14. The van der Waals surface area contributed by atoms with Gasteiger partial charge >= 0.3 is 5.97 Å². The van der Waals surface area contributed by atoms with Gasteiger partial charge in [-0.2, -0.15) is 0 Å². The Labute approximate surface area is 97.5 Å². The lowest BCUT2D eigenvalue weighted by molar-refractivity contribution is -0.162. The van der Waals surface area contributed by atoms with Crippen LogP contribution in [0.4, 0.5) is 0 Å². The van der Waals surface area contributed by atoms with Crippen molar-refractivity contribution in [3.8, 4) is 0 Å². The highest BCUT2D eigenvalue weighted by molar-refractivity contribution is 5.74. The number of carbonyl (C=O) groups excluding carboxylic acids is 1. The van der Waals surface area contributed by atoms with Crippen LogP contribution in [0, 0.1) is 5.92 Å². The van der Waals surface area contributed by atoms with Crippen LogP contribution >= 0.6 is 0 Å². The van der Waals surface area contributed by atoms with Crippen molar-refractivity contribution < 1.29 is 14.3 Å². The maximum atomic E-state index is 11.4. The lowest BCUT2D eigenvalue weighted by Gasteiger charge is -2.32. The Morgan fingerprint density at radius 2 is 2.12 bits per heavy atom. The molecule has 1 fully saturated rings. The van der Waals surface area contributed by atoms with Crippen molar-refractivity contribution in [1.29, 1.82) is 0 Å². The average molecular weight is 229 g/mol. The SMILES string of the molecule is CCOC(=O)C(C)OC1CCCCC1CN. The minimum Gasteiger partial charge on any atom is -0.464 e. The summed E-state index contributed by atoms with van der Waals surface area (Å²) in [6.45, 7) is 4.59. The molecule has 4 nitrogen and oxygen atoms in total. The molecule has 3 unspecified atom stereocenters. The summed E-state index contributed by atoms with van der Waals surface area (Å²) in [5, 5.41) is 0. The fourth-order valence-corrected chi connectivity index (χ4v) is 2.20. The molecule has 1 aliphatic rings. The Hall–Kier alpha value is -0.610. The van der Waals surface area contributed by atoms with Crippen LogP contribution in [0.3, 0.4) is 0 Å². The molecule has 0 radical (unpaired) electrons. The fourth-order valence-electron chi connectivity index (χ4n) is 2.20. The van der Waals surface area contributed by atoms with E-state index in [1.54, 1.807) is 13.8 Å². The summed E-state index contributed by atoms with van der Waals surface area (Å²) >= 11 is 0. The first kappa shape index (κ1) is 13.5. The van der Waals surface area contributed by atoms with Crippen molar-refractivity contribution in [2.75, 3.05) is 13.2 Å². The van der Waals surface area contributed by atoms with Gasteiger partial charge in [0.25, 0.3) is 0 Å². The van der Waals surface area contributed by atoms with Crippen LogP contribution in [0.2, 0.25) is 0 Å².